The van der Waals surface area contributed by atoms with Crippen LogP contribution in [0.2, 0.25) is 0 Å². The Morgan fingerprint density at radius 3 is 2.57 bits per heavy atom. The van der Waals surface area contributed by atoms with Gasteiger partial charge in [0.25, 0.3) is 0 Å². The average Bonchev–Trinajstić information content (AvgIpc) is 2.98. The molecule has 1 saturated heterocycles. The lowest BCUT2D eigenvalue weighted by Crippen LogP contribution is -2.62. The molecule has 164 valence electrons. The van der Waals surface area contributed by atoms with Crippen LogP contribution in [0.3, 0.4) is 0 Å². The van der Waals surface area contributed by atoms with Crippen LogP contribution in [0.5, 0.6) is 0 Å². The molecule has 2 N–H and O–H groups in total. The van der Waals surface area contributed by atoms with Gasteiger partial charge in [-0.05, 0) is 39.0 Å². The summed E-state index contributed by atoms with van der Waals surface area (Å²) in [5.41, 5.74) is -0.934. The maximum absolute atomic E-state index is 13.0. The number of halogens is 3. The Balaban J connectivity index is 1.56. The lowest BCUT2D eigenvalue weighted by Gasteiger charge is -2.40. The van der Waals surface area contributed by atoms with Gasteiger partial charge >= 0.3 is 12.3 Å². The van der Waals surface area contributed by atoms with Crippen molar-refractivity contribution in [3.8, 4) is 0 Å². The van der Waals surface area contributed by atoms with Gasteiger partial charge in [0.15, 0.2) is 5.82 Å². The first-order valence-electron chi connectivity index (χ1n) is 9.37. The van der Waals surface area contributed by atoms with E-state index in [4.69, 9.17) is 4.74 Å². The van der Waals surface area contributed by atoms with Crippen molar-refractivity contribution >= 4 is 28.7 Å². The average molecular weight is 427 g/mol. The third-order valence-electron chi connectivity index (χ3n) is 4.51. The number of carbonyl (C=O) groups is 2. The summed E-state index contributed by atoms with van der Waals surface area (Å²) < 4.78 is 44.2. The minimum atomic E-state index is -4.47. The van der Waals surface area contributed by atoms with Crippen LogP contribution in [0, 0.1) is 0 Å². The topological polar surface area (TPSA) is 90.6 Å². The van der Waals surface area contributed by atoms with Gasteiger partial charge in [-0.3, -0.25) is 9.89 Å². The van der Waals surface area contributed by atoms with Crippen molar-refractivity contribution in [1.82, 2.24) is 20.4 Å². The summed E-state index contributed by atoms with van der Waals surface area (Å²) in [4.78, 5) is 27.2. The van der Waals surface area contributed by atoms with Crippen molar-refractivity contribution in [1.29, 1.82) is 0 Å². The Bertz CT molecular complexity index is 945. The molecule has 0 spiro atoms. The number of benzene rings is 1. The van der Waals surface area contributed by atoms with Crippen LogP contribution >= 0.6 is 0 Å². The standard InChI is InChI=1S/C19H24F3N5O3/c1-18(2,3)30-17(29)27-8-12(9-27)23-15(28)10-26(4)16-13-7-11(19(20,21)22)5-6-14(13)24-25-16/h5-7,12H,8-10H2,1-4H3,(H,23,28)(H,24,25). The zero-order valence-electron chi connectivity index (χ0n) is 17.1. The summed E-state index contributed by atoms with van der Waals surface area (Å²) >= 11 is 0. The van der Waals surface area contributed by atoms with Gasteiger partial charge in [-0.25, -0.2) is 4.79 Å². The van der Waals surface area contributed by atoms with Crippen LogP contribution < -0.4 is 10.2 Å². The van der Waals surface area contributed by atoms with Crippen LogP contribution in [-0.2, 0) is 15.7 Å². The first-order valence-corrected chi connectivity index (χ1v) is 9.37. The number of ether oxygens (including phenoxy) is 1. The van der Waals surface area contributed by atoms with E-state index in [2.05, 4.69) is 15.5 Å². The highest BCUT2D eigenvalue weighted by molar-refractivity contribution is 5.92. The molecular formula is C19H24F3N5O3. The number of nitrogens with zero attached hydrogens (tertiary/aromatic N) is 3. The van der Waals surface area contributed by atoms with Crippen molar-refractivity contribution in [2.45, 2.75) is 38.6 Å². The number of carbonyl (C=O) groups excluding carboxylic acids is 2. The number of aromatic amines is 1. The highest BCUT2D eigenvalue weighted by Gasteiger charge is 2.35. The molecule has 0 radical (unpaired) electrons. The van der Waals surface area contributed by atoms with E-state index in [1.54, 1.807) is 27.8 Å². The lowest BCUT2D eigenvalue weighted by molar-refractivity contribution is -0.137. The number of hydrogen-bond donors (Lipinski definition) is 2. The quantitative estimate of drug-likeness (QED) is 0.783. The number of alkyl halides is 3. The number of nitrogens with one attached hydrogen (secondary N) is 2. The predicted molar refractivity (Wildman–Crippen MR) is 104 cm³/mol. The molecule has 0 aliphatic carbocycles. The van der Waals surface area contributed by atoms with Gasteiger partial charge in [-0.15, -0.1) is 0 Å². The van der Waals surface area contributed by atoms with Crippen molar-refractivity contribution < 1.29 is 27.5 Å². The normalized spacial score (nSPS) is 15.1. The molecule has 1 aromatic carbocycles. The number of likely N-dealkylation sites (tertiary alicyclic amines) is 1. The second-order valence-corrected chi connectivity index (χ2v) is 8.31. The Morgan fingerprint density at radius 1 is 1.30 bits per heavy atom. The largest absolute Gasteiger partial charge is 0.444 e. The Kier molecular flexibility index (Phi) is 5.57. The Labute approximate surface area is 171 Å². The fraction of sp³-hybridized carbons (Fsp3) is 0.526. The predicted octanol–water partition coefficient (Wildman–Crippen LogP) is 2.75. The van der Waals surface area contributed by atoms with E-state index in [1.807, 2.05) is 0 Å². The number of fused-ring (bicyclic) bond motifs is 1. The van der Waals surface area contributed by atoms with Gasteiger partial charge in [0.05, 0.1) is 23.7 Å². The molecular weight excluding hydrogens is 403 g/mol. The number of amides is 2. The highest BCUT2D eigenvalue weighted by Crippen LogP contribution is 2.33. The molecule has 0 unspecified atom stereocenters. The highest BCUT2D eigenvalue weighted by atomic mass is 19.4. The molecule has 1 aromatic heterocycles. The number of anilines is 1. The molecule has 1 fully saturated rings. The van der Waals surface area contributed by atoms with Gasteiger partial charge in [0.1, 0.15) is 5.60 Å². The van der Waals surface area contributed by atoms with E-state index >= 15 is 0 Å². The third kappa shape index (κ3) is 4.95. The van der Waals surface area contributed by atoms with Gasteiger partial charge in [0.2, 0.25) is 5.91 Å². The van der Waals surface area contributed by atoms with Crippen LogP contribution in [-0.4, -0.2) is 65.4 Å². The molecule has 2 amide bonds. The minimum Gasteiger partial charge on any atom is -0.444 e. The van der Waals surface area contributed by atoms with Crippen molar-refractivity contribution in [2.24, 2.45) is 0 Å². The van der Waals surface area contributed by atoms with Crippen LogP contribution in [0.25, 0.3) is 10.9 Å². The summed E-state index contributed by atoms with van der Waals surface area (Å²) in [6.45, 7) is 5.90. The van der Waals surface area contributed by atoms with Gasteiger partial charge < -0.3 is 19.9 Å². The number of likely N-dealkylation sites (N-methyl/N-ethyl adjacent to an activating group) is 1. The number of rotatable bonds is 4. The molecule has 3 rings (SSSR count). The second-order valence-electron chi connectivity index (χ2n) is 8.31. The van der Waals surface area contributed by atoms with Crippen LogP contribution in [0.15, 0.2) is 18.2 Å². The molecule has 11 heteroatoms. The second kappa shape index (κ2) is 7.69. The molecule has 2 aromatic rings. The lowest BCUT2D eigenvalue weighted by atomic mass is 10.1. The number of hydrogen-bond acceptors (Lipinski definition) is 5. The molecule has 2 heterocycles. The fourth-order valence-corrected chi connectivity index (χ4v) is 3.08. The van der Waals surface area contributed by atoms with E-state index in [9.17, 15) is 22.8 Å². The Morgan fingerprint density at radius 2 is 1.97 bits per heavy atom. The smallest absolute Gasteiger partial charge is 0.416 e. The van der Waals surface area contributed by atoms with Gasteiger partial charge in [0, 0.05) is 25.5 Å². The Hall–Kier alpha value is -2.98. The molecule has 8 nitrogen and oxygen atoms in total. The first-order chi connectivity index (χ1) is 13.8. The van der Waals surface area contributed by atoms with Gasteiger partial charge in [-0.1, -0.05) is 0 Å². The van der Waals surface area contributed by atoms with E-state index in [-0.39, 0.29) is 29.7 Å². The van der Waals surface area contributed by atoms with E-state index in [1.165, 1.54) is 15.9 Å². The van der Waals surface area contributed by atoms with Crippen molar-refractivity contribution in [2.75, 3.05) is 31.6 Å². The molecule has 0 saturated carbocycles. The number of H-pyrrole nitrogens is 1. The SMILES string of the molecule is CN(CC(=O)NC1CN(C(=O)OC(C)(C)C)C1)c1n[nH]c2ccc(C(F)(F)F)cc12. The van der Waals surface area contributed by atoms with Crippen LogP contribution in [0.4, 0.5) is 23.8 Å². The van der Waals surface area contributed by atoms with Crippen molar-refractivity contribution in [3.05, 3.63) is 23.8 Å². The summed E-state index contributed by atoms with van der Waals surface area (Å²) in [6, 6.07) is 3.09. The molecule has 0 bridgehead atoms. The third-order valence-corrected chi connectivity index (χ3v) is 4.51. The zero-order chi connectivity index (χ0) is 22.3. The van der Waals surface area contributed by atoms with E-state index in [0.717, 1.165) is 12.1 Å². The van der Waals surface area contributed by atoms with E-state index < -0.39 is 23.4 Å². The first kappa shape index (κ1) is 21.7. The minimum absolute atomic E-state index is 0.0981. The van der Waals surface area contributed by atoms with Crippen LogP contribution in [0.1, 0.15) is 26.3 Å². The molecule has 1 aliphatic heterocycles. The zero-order valence-corrected chi connectivity index (χ0v) is 17.1. The molecule has 0 atom stereocenters. The fourth-order valence-electron chi connectivity index (χ4n) is 3.08. The molecule has 1 aliphatic rings. The van der Waals surface area contributed by atoms with Gasteiger partial charge in [-0.2, -0.15) is 18.3 Å². The maximum atomic E-state index is 13.0. The number of aromatic nitrogens is 2. The summed E-state index contributed by atoms with van der Waals surface area (Å²) in [6.07, 6.45) is -4.91. The van der Waals surface area contributed by atoms with Crippen molar-refractivity contribution in [3.63, 3.8) is 0 Å². The summed E-state index contributed by atoms with van der Waals surface area (Å²) in [5.74, 6) is -0.0790. The molecule has 30 heavy (non-hydrogen) atoms. The summed E-state index contributed by atoms with van der Waals surface area (Å²) in [5, 5.41) is 9.78. The summed E-state index contributed by atoms with van der Waals surface area (Å²) in [7, 11) is 1.57. The monoisotopic (exact) mass is 427 g/mol. The maximum Gasteiger partial charge on any atom is 0.416 e. The van der Waals surface area contributed by atoms with E-state index in [0.29, 0.717) is 18.6 Å².